The van der Waals surface area contributed by atoms with Crippen molar-refractivity contribution in [1.82, 2.24) is 4.57 Å². The molecule has 0 spiro atoms. The Balaban J connectivity index is 1.91. The summed E-state index contributed by atoms with van der Waals surface area (Å²) in [5.41, 5.74) is 9.18. The molecule has 0 aliphatic heterocycles. The van der Waals surface area contributed by atoms with E-state index in [9.17, 15) is 0 Å². The Bertz CT molecular complexity index is 1420. The normalized spacial score (nSPS) is 14.3. The average molecular weight is 438 g/mol. The number of aromatic nitrogens is 1. The maximum Gasteiger partial charge on any atom is 0.0623 e. The van der Waals surface area contributed by atoms with Gasteiger partial charge >= 0.3 is 0 Å². The SMILES string of the molecule is CC1(C)c2ccccc2-c2c1c(Br)cc1c3ccccc3n(-c3ccccc3)c21. The molecule has 0 fully saturated rings. The summed E-state index contributed by atoms with van der Waals surface area (Å²) < 4.78 is 3.63. The molecule has 29 heavy (non-hydrogen) atoms. The Morgan fingerprint density at radius 3 is 2.28 bits per heavy atom. The van der Waals surface area contributed by atoms with E-state index in [1.807, 2.05) is 0 Å². The van der Waals surface area contributed by atoms with Crippen LogP contribution in [0.4, 0.5) is 0 Å². The number of para-hydroxylation sites is 2. The van der Waals surface area contributed by atoms with Crippen molar-refractivity contribution in [2.24, 2.45) is 0 Å². The molecule has 6 rings (SSSR count). The molecule has 0 bridgehead atoms. The second-order valence-corrected chi connectivity index (χ2v) is 9.22. The predicted molar refractivity (Wildman–Crippen MR) is 126 cm³/mol. The van der Waals surface area contributed by atoms with E-state index in [2.05, 4.69) is 119 Å². The maximum atomic E-state index is 3.94. The average Bonchev–Trinajstić information content (AvgIpc) is 3.19. The highest BCUT2D eigenvalue weighted by molar-refractivity contribution is 9.10. The van der Waals surface area contributed by atoms with Gasteiger partial charge in [-0.05, 0) is 41.0 Å². The quantitative estimate of drug-likeness (QED) is 0.251. The summed E-state index contributed by atoms with van der Waals surface area (Å²) in [6, 6.07) is 30.7. The number of nitrogens with zero attached hydrogens (tertiary/aromatic N) is 1. The minimum absolute atomic E-state index is 0.0447. The van der Waals surface area contributed by atoms with Crippen molar-refractivity contribution in [2.75, 3.05) is 0 Å². The summed E-state index contributed by atoms with van der Waals surface area (Å²) in [7, 11) is 0. The summed E-state index contributed by atoms with van der Waals surface area (Å²) in [5, 5.41) is 2.58. The molecule has 0 N–H and O–H groups in total. The van der Waals surface area contributed by atoms with Crippen molar-refractivity contribution in [3.63, 3.8) is 0 Å². The van der Waals surface area contributed by atoms with Crippen LogP contribution in [0.5, 0.6) is 0 Å². The molecule has 0 unspecified atom stereocenters. The molecule has 0 saturated heterocycles. The molecule has 1 aliphatic rings. The number of halogens is 1. The third-order valence-corrected chi connectivity index (χ3v) is 7.05. The number of rotatable bonds is 1. The van der Waals surface area contributed by atoms with E-state index in [4.69, 9.17) is 0 Å². The highest BCUT2D eigenvalue weighted by Crippen LogP contribution is 2.55. The maximum absolute atomic E-state index is 3.94. The Morgan fingerprint density at radius 2 is 1.45 bits per heavy atom. The zero-order valence-corrected chi connectivity index (χ0v) is 18.0. The summed E-state index contributed by atoms with van der Waals surface area (Å²) in [5.74, 6) is 0. The second kappa shape index (κ2) is 5.84. The molecule has 0 saturated carbocycles. The van der Waals surface area contributed by atoms with Crippen molar-refractivity contribution < 1.29 is 0 Å². The smallest absolute Gasteiger partial charge is 0.0623 e. The van der Waals surface area contributed by atoms with Crippen LogP contribution in [0.1, 0.15) is 25.0 Å². The minimum Gasteiger partial charge on any atom is -0.309 e. The summed E-state index contributed by atoms with van der Waals surface area (Å²) in [4.78, 5) is 0. The molecule has 1 heterocycles. The lowest BCUT2D eigenvalue weighted by Gasteiger charge is -2.23. The van der Waals surface area contributed by atoms with Crippen LogP contribution in [-0.2, 0) is 5.41 Å². The fraction of sp³-hybridized carbons (Fsp3) is 0.111. The molecule has 2 heteroatoms. The fourth-order valence-corrected chi connectivity index (χ4v) is 6.12. The fourth-order valence-electron chi connectivity index (χ4n) is 5.19. The summed E-state index contributed by atoms with van der Waals surface area (Å²) in [6.07, 6.45) is 0. The van der Waals surface area contributed by atoms with Gasteiger partial charge in [-0.2, -0.15) is 0 Å². The van der Waals surface area contributed by atoms with Crippen molar-refractivity contribution in [3.8, 4) is 16.8 Å². The first-order chi connectivity index (χ1) is 14.1. The van der Waals surface area contributed by atoms with Crippen LogP contribution < -0.4 is 0 Å². The van der Waals surface area contributed by atoms with Crippen LogP contribution in [0.25, 0.3) is 38.6 Å². The molecule has 1 aromatic heterocycles. The van der Waals surface area contributed by atoms with Gasteiger partial charge in [0.05, 0.1) is 11.0 Å². The van der Waals surface area contributed by atoms with Crippen LogP contribution >= 0.6 is 15.9 Å². The topological polar surface area (TPSA) is 4.93 Å². The van der Waals surface area contributed by atoms with Crippen LogP contribution in [0, 0.1) is 0 Å². The Labute approximate surface area is 178 Å². The van der Waals surface area contributed by atoms with Gasteiger partial charge in [0, 0.05) is 31.9 Å². The Morgan fingerprint density at radius 1 is 0.759 bits per heavy atom. The van der Waals surface area contributed by atoms with E-state index in [1.165, 1.54) is 54.2 Å². The lowest BCUT2D eigenvalue weighted by Crippen LogP contribution is -2.15. The van der Waals surface area contributed by atoms with Crippen molar-refractivity contribution in [1.29, 1.82) is 0 Å². The number of hydrogen-bond acceptors (Lipinski definition) is 0. The van der Waals surface area contributed by atoms with Crippen LogP contribution in [0.2, 0.25) is 0 Å². The van der Waals surface area contributed by atoms with Gasteiger partial charge in [0.15, 0.2) is 0 Å². The Kier molecular flexibility index (Phi) is 3.43. The van der Waals surface area contributed by atoms with Crippen molar-refractivity contribution in [2.45, 2.75) is 19.3 Å². The van der Waals surface area contributed by atoms with E-state index >= 15 is 0 Å². The standard InChI is InChI=1S/C27H20BrN/c1-27(2)21-14-8-6-13-19(21)24-25(27)22(28)16-20-18-12-7-9-15-23(18)29(26(20)24)17-10-4-3-5-11-17/h3-16H,1-2H3. The number of benzene rings is 4. The third kappa shape index (κ3) is 2.15. The van der Waals surface area contributed by atoms with Crippen molar-refractivity contribution >= 4 is 37.7 Å². The van der Waals surface area contributed by atoms with E-state index in [1.54, 1.807) is 0 Å². The van der Waals surface area contributed by atoms with Gasteiger partial charge in [-0.15, -0.1) is 0 Å². The molecule has 0 amide bonds. The van der Waals surface area contributed by atoms with Gasteiger partial charge in [-0.1, -0.05) is 90.4 Å². The van der Waals surface area contributed by atoms with Crippen LogP contribution in [-0.4, -0.2) is 4.57 Å². The summed E-state index contributed by atoms with van der Waals surface area (Å²) in [6.45, 7) is 4.67. The van der Waals surface area contributed by atoms with Gasteiger partial charge in [0.2, 0.25) is 0 Å². The molecule has 4 aromatic carbocycles. The van der Waals surface area contributed by atoms with Gasteiger partial charge in [-0.25, -0.2) is 0 Å². The van der Waals surface area contributed by atoms with Gasteiger partial charge in [-0.3, -0.25) is 0 Å². The lowest BCUT2D eigenvalue weighted by molar-refractivity contribution is 0.657. The van der Waals surface area contributed by atoms with Gasteiger partial charge < -0.3 is 4.57 Å². The summed E-state index contributed by atoms with van der Waals surface area (Å²) >= 11 is 3.94. The first-order valence-electron chi connectivity index (χ1n) is 10.0. The number of hydrogen-bond donors (Lipinski definition) is 0. The third-order valence-electron chi connectivity index (χ3n) is 6.42. The largest absolute Gasteiger partial charge is 0.309 e. The van der Waals surface area contributed by atoms with E-state index in [0.29, 0.717) is 0 Å². The second-order valence-electron chi connectivity index (χ2n) is 8.36. The van der Waals surface area contributed by atoms with Crippen LogP contribution in [0.15, 0.2) is 89.4 Å². The monoisotopic (exact) mass is 437 g/mol. The number of fused-ring (bicyclic) bond motifs is 7. The molecule has 140 valence electrons. The zero-order chi connectivity index (χ0) is 19.8. The molecular weight excluding hydrogens is 418 g/mol. The highest BCUT2D eigenvalue weighted by atomic mass is 79.9. The van der Waals surface area contributed by atoms with Gasteiger partial charge in [0.25, 0.3) is 0 Å². The first-order valence-corrected chi connectivity index (χ1v) is 10.8. The Hall–Kier alpha value is -2.84. The van der Waals surface area contributed by atoms with Crippen molar-refractivity contribution in [3.05, 3.63) is 101 Å². The first kappa shape index (κ1) is 17.1. The highest BCUT2D eigenvalue weighted by Gasteiger charge is 2.39. The van der Waals surface area contributed by atoms with E-state index in [-0.39, 0.29) is 5.41 Å². The zero-order valence-electron chi connectivity index (χ0n) is 16.4. The molecular formula is C27H20BrN. The van der Waals surface area contributed by atoms with Gasteiger partial charge in [0.1, 0.15) is 0 Å². The molecule has 1 nitrogen and oxygen atoms in total. The van der Waals surface area contributed by atoms with Crippen LogP contribution in [0.3, 0.4) is 0 Å². The molecule has 5 aromatic rings. The molecule has 0 atom stereocenters. The lowest BCUT2D eigenvalue weighted by atomic mass is 9.82. The molecule has 0 radical (unpaired) electrons. The van der Waals surface area contributed by atoms with E-state index in [0.717, 1.165) is 0 Å². The predicted octanol–water partition coefficient (Wildman–Crippen LogP) is 7.85. The minimum atomic E-state index is -0.0447. The molecule has 1 aliphatic carbocycles. The van der Waals surface area contributed by atoms with E-state index < -0.39 is 0 Å².